The molecule has 0 aliphatic rings. The highest BCUT2D eigenvalue weighted by molar-refractivity contribution is 7.99. The molecule has 15 heavy (non-hydrogen) atoms. The van der Waals surface area contributed by atoms with E-state index in [-0.39, 0.29) is 0 Å². The van der Waals surface area contributed by atoms with Crippen LogP contribution in [-0.2, 0) is 0 Å². The van der Waals surface area contributed by atoms with Gasteiger partial charge in [0.2, 0.25) is 0 Å². The molecule has 0 atom stereocenters. The van der Waals surface area contributed by atoms with Gasteiger partial charge >= 0.3 is 0 Å². The van der Waals surface area contributed by atoms with Crippen molar-refractivity contribution < 1.29 is 5.11 Å². The first-order valence-corrected chi connectivity index (χ1v) is 6.68. The summed E-state index contributed by atoms with van der Waals surface area (Å²) in [5, 5.41) is 9.40. The van der Waals surface area contributed by atoms with Gasteiger partial charge in [0.25, 0.3) is 0 Å². The van der Waals surface area contributed by atoms with Gasteiger partial charge in [-0.1, -0.05) is 24.4 Å². The normalized spacial score (nSPS) is 10.5. The molecule has 0 unspecified atom stereocenters. The molecular formula is C12H17ClOS. The lowest BCUT2D eigenvalue weighted by Crippen LogP contribution is -1.85. The first-order valence-electron chi connectivity index (χ1n) is 5.32. The van der Waals surface area contributed by atoms with E-state index in [4.69, 9.17) is 16.7 Å². The first-order chi connectivity index (χ1) is 7.33. The second kappa shape index (κ2) is 8.03. The highest BCUT2D eigenvalue weighted by Gasteiger charge is 1.94. The van der Waals surface area contributed by atoms with Gasteiger partial charge in [-0.15, -0.1) is 11.8 Å². The van der Waals surface area contributed by atoms with Crippen LogP contribution in [0.3, 0.4) is 0 Å². The van der Waals surface area contributed by atoms with Gasteiger partial charge in [0.15, 0.2) is 0 Å². The van der Waals surface area contributed by atoms with E-state index >= 15 is 0 Å². The van der Waals surface area contributed by atoms with Crippen LogP contribution in [0.15, 0.2) is 29.2 Å². The van der Waals surface area contributed by atoms with E-state index in [1.165, 1.54) is 17.7 Å². The molecule has 84 valence electrons. The molecule has 3 heteroatoms. The van der Waals surface area contributed by atoms with Gasteiger partial charge in [-0.2, -0.15) is 0 Å². The van der Waals surface area contributed by atoms with E-state index in [9.17, 15) is 0 Å². The van der Waals surface area contributed by atoms with Crippen LogP contribution in [0.2, 0.25) is 5.02 Å². The number of thioether (sulfide) groups is 1. The molecule has 0 saturated carbocycles. The number of aliphatic hydroxyl groups is 1. The van der Waals surface area contributed by atoms with Crippen molar-refractivity contribution in [3.63, 3.8) is 0 Å². The van der Waals surface area contributed by atoms with E-state index < -0.39 is 0 Å². The van der Waals surface area contributed by atoms with Gasteiger partial charge in [0.1, 0.15) is 0 Å². The van der Waals surface area contributed by atoms with Crippen molar-refractivity contribution in [1.82, 2.24) is 0 Å². The molecule has 1 rings (SSSR count). The van der Waals surface area contributed by atoms with Crippen molar-refractivity contribution >= 4 is 23.4 Å². The maximum atomic E-state index is 8.61. The maximum Gasteiger partial charge on any atom is 0.0431 e. The Balaban J connectivity index is 2.07. The number of rotatable bonds is 7. The maximum absolute atomic E-state index is 8.61. The smallest absolute Gasteiger partial charge is 0.0431 e. The Labute approximate surface area is 101 Å². The van der Waals surface area contributed by atoms with Crippen molar-refractivity contribution in [2.75, 3.05) is 12.4 Å². The summed E-state index contributed by atoms with van der Waals surface area (Å²) in [5.41, 5.74) is 0. The zero-order valence-corrected chi connectivity index (χ0v) is 10.4. The topological polar surface area (TPSA) is 20.2 Å². The lowest BCUT2D eigenvalue weighted by molar-refractivity contribution is 0.283. The van der Waals surface area contributed by atoms with Crippen molar-refractivity contribution in [2.45, 2.75) is 30.6 Å². The SMILES string of the molecule is OCCCCCCSc1ccc(Cl)cc1. The van der Waals surface area contributed by atoms with Gasteiger partial charge in [0, 0.05) is 16.5 Å². The molecule has 0 fully saturated rings. The number of benzene rings is 1. The first kappa shape index (κ1) is 12.9. The molecule has 0 saturated heterocycles. The predicted octanol–water partition coefficient (Wildman–Crippen LogP) is 3.98. The van der Waals surface area contributed by atoms with Crippen molar-refractivity contribution in [1.29, 1.82) is 0 Å². The minimum absolute atomic E-state index is 0.324. The molecule has 0 spiro atoms. The van der Waals surface area contributed by atoms with Gasteiger partial charge in [-0.3, -0.25) is 0 Å². The Morgan fingerprint density at radius 3 is 2.33 bits per heavy atom. The van der Waals surface area contributed by atoms with Crippen LogP contribution in [0.4, 0.5) is 0 Å². The van der Waals surface area contributed by atoms with E-state index in [1.54, 1.807) is 0 Å². The van der Waals surface area contributed by atoms with Crippen molar-refractivity contribution in [3.05, 3.63) is 29.3 Å². The molecule has 0 aliphatic carbocycles. The molecule has 1 aromatic carbocycles. The standard InChI is InChI=1S/C12H17ClOS/c13-11-5-7-12(8-6-11)15-10-4-2-1-3-9-14/h5-8,14H,1-4,9-10H2. The quantitative estimate of drug-likeness (QED) is 0.578. The zero-order valence-electron chi connectivity index (χ0n) is 8.79. The third kappa shape index (κ3) is 6.08. The second-order valence-corrected chi connectivity index (χ2v) is 5.04. The van der Waals surface area contributed by atoms with Crippen LogP contribution in [0, 0.1) is 0 Å². The Bertz CT molecular complexity index is 261. The second-order valence-electron chi connectivity index (χ2n) is 3.44. The lowest BCUT2D eigenvalue weighted by Gasteiger charge is -2.01. The highest BCUT2D eigenvalue weighted by Crippen LogP contribution is 2.21. The van der Waals surface area contributed by atoms with E-state index in [0.29, 0.717) is 6.61 Å². The van der Waals surface area contributed by atoms with Crippen molar-refractivity contribution in [3.8, 4) is 0 Å². The summed E-state index contributed by atoms with van der Waals surface area (Å²) in [7, 11) is 0. The van der Waals surface area contributed by atoms with E-state index in [0.717, 1.165) is 23.6 Å². The van der Waals surface area contributed by atoms with E-state index in [2.05, 4.69) is 12.1 Å². The largest absolute Gasteiger partial charge is 0.396 e. The number of unbranched alkanes of at least 4 members (excludes halogenated alkanes) is 3. The van der Waals surface area contributed by atoms with Crippen LogP contribution in [0.1, 0.15) is 25.7 Å². The average molecular weight is 245 g/mol. The summed E-state index contributed by atoms with van der Waals surface area (Å²) < 4.78 is 0. The molecule has 0 aromatic heterocycles. The average Bonchev–Trinajstić information content (AvgIpc) is 2.26. The number of hydrogen-bond acceptors (Lipinski definition) is 2. The minimum atomic E-state index is 0.324. The number of hydrogen-bond donors (Lipinski definition) is 1. The summed E-state index contributed by atoms with van der Waals surface area (Å²) >= 11 is 7.66. The fraction of sp³-hybridized carbons (Fsp3) is 0.500. The third-order valence-electron chi connectivity index (χ3n) is 2.13. The Morgan fingerprint density at radius 1 is 1.00 bits per heavy atom. The summed E-state index contributed by atoms with van der Waals surface area (Å²) in [6.45, 7) is 0.324. The molecule has 0 radical (unpaired) electrons. The van der Waals surface area contributed by atoms with Crippen LogP contribution < -0.4 is 0 Å². The molecule has 1 aromatic rings. The van der Waals surface area contributed by atoms with Gasteiger partial charge < -0.3 is 5.11 Å². The monoisotopic (exact) mass is 244 g/mol. The minimum Gasteiger partial charge on any atom is -0.396 e. The van der Waals surface area contributed by atoms with E-state index in [1.807, 2.05) is 23.9 Å². The molecule has 0 aliphatic heterocycles. The molecule has 1 nitrogen and oxygen atoms in total. The fourth-order valence-electron chi connectivity index (χ4n) is 1.29. The Kier molecular flexibility index (Phi) is 6.90. The molecule has 0 bridgehead atoms. The summed E-state index contributed by atoms with van der Waals surface area (Å²) in [4.78, 5) is 1.28. The highest BCUT2D eigenvalue weighted by atomic mass is 35.5. The Morgan fingerprint density at radius 2 is 1.67 bits per heavy atom. The van der Waals surface area contributed by atoms with Crippen LogP contribution in [0.5, 0.6) is 0 Å². The molecule has 0 heterocycles. The fourth-order valence-corrected chi connectivity index (χ4v) is 2.33. The zero-order chi connectivity index (χ0) is 10.9. The predicted molar refractivity (Wildman–Crippen MR) is 67.7 cm³/mol. The third-order valence-corrected chi connectivity index (χ3v) is 3.49. The van der Waals surface area contributed by atoms with Gasteiger partial charge in [-0.25, -0.2) is 0 Å². The Hall–Kier alpha value is -0.180. The molecule has 0 amide bonds. The van der Waals surface area contributed by atoms with Crippen molar-refractivity contribution in [2.24, 2.45) is 0 Å². The number of aliphatic hydroxyl groups excluding tert-OH is 1. The summed E-state index contributed by atoms with van der Waals surface area (Å²) in [6, 6.07) is 7.97. The molecular weight excluding hydrogens is 228 g/mol. The van der Waals surface area contributed by atoms with Gasteiger partial charge in [-0.05, 0) is 42.9 Å². The van der Waals surface area contributed by atoms with Crippen LogP contribution >= 0.6 is 23.4 Å². The summed E-state index contributed by atoms with van der Waals surface area (Å²) in [5.74, 6) is 1.15. The van der Waals surface area contributed by atoms with Gasteiger partial charge in [0.05, 0.1) is 0 Å². The molecule has 1 N–H and O–H groups in total. The summed E-state index contributed by atoms with van der Waals surface area (Å²) in [6.07, 6.45) is 4.50. The van der Waals surface area contributed by atoms with Crippen LogP contribution in [-0.4, -0.2) is 17.5 Å². The number of halogens is 1. The van der Waals surface area contributed by atoms with Crippen LogP contribution in [0.25, 0.3) is 0 Å². The lowest BCUT2D eigenvalue weighted by atomic mass is 10.2.